The van der Waals surface area contributed by atoms with Crippen molar-refractivity contribution in [2.45, 2.75) is 13.5 Å². The molecule has 0 spiro atoms. The minimum atomic E-state index is 0.383. The quantitative estimate of drug-likeness (QED) is 0.914. The van der Waals surface area contributed by atoms with Crippen molar-refractivity contribution < 1.29 is 4.74 Å². The molecule has 1 aromatic carbocycles. The molecule has 0 atom stereocenters. The summed E-state index contributed by atoms with van der Waals surface area (Å²) in [6.07, 6.45) is 0. The van der Waals surface area contributed by atoms with E-state index in [9.17, 15) is 0 Å². The van der Waals surface area contributed by atoms with Gasteiger partial charge in [-0.2, -0.15) is 4.98 Å². The van der Waals surface area contributed by atoms with Crippen molar-refractivity contribution in [2.75, 3.05) is 0 Å². The van der Waals surface area contributed by atoms with Crippen molar-refractivity contribution in [1.82, 2.24) is 4.98 Å². The Bertz CT molecular complexity index is 498. The third kappa shape index (κ3) is 2.52. The highest BCUT2D eigenvalue weighted by molar-refractivity contribution is 7.14. The second-order valence-corrected chi connectivity index (χ2v) is 4.72. The van der Waals surface area contributed by atoms with Gasteiger partial charge in [-0.15, -0.1) is 0 Å². The fraction of sp³-hybridized carbons (Fsp3) is 0.182. The molecule has 0 aliphatic carbocycles. The van der Waals surface area contributed by atoms with Gasteiger partial charge in [0.05, 0.1) is 4.88 Å². The van der Waals surface area contributed by atoms with E-state index in [1.54, 1.807) is 0 Å². The second-order valence-electron chi connectivity index (χ2n) is 3.32. The van der Waals surface area contributed by atoms with Crippen molar-refractivity contribution in [3.63, 3.8) is 0 Å². The largest absolute Gasteiger partial charge is 0.431 e. The number of aryl methyl sites for hydroxylation is 1. The van der Waals surface area contributed by atoms with E-state index in [0.717, 1.165) is 16.2 Å². The summed E-state index contributed by atoms with van der Waals surface area (Å²) < 4.78 is 5.59. The highest BCUT2D eigenvalue weighted by Crippen LogP contribution is 2.31. The van der Waals surface area contributed by atoms with Gasteiger partial charge < -0.3 is 10.5 Å². The molecule has 16 heavy (non-hydrogen) atoms. The predicted molar refractivity (Wildman–Crippen MR) is 66.3 cm³/mol. The number of hydrogen-bond donors (Lipinski definition) is 1. The molecule has 0 aliphatic rings. The van der Waals surface area contributed by atoms with Gasteiger partial charge in [0.25, 0.3) is 5.19 Å². The van der Waals surface area contributed by atoms with E-state index in [4.69, 9.17) is 22.1 Å². The molecule has 0 bridgehead atoms. The molecule has 2 aromatic rings. The number of hydrogen-bond acceptors (Lipinski definition) is 4. The van der Waals surface area contributed by atoms with Gasteiger partial charge in [0.1, 0.15) is 10.9 Å². The minimum absolute atomic E-state index is 0.383. The van der Waals surface area contributed by atoms with Gasteiger partial charge in [0.15, 0.2) is 0 Å². The molecule has 1 aromatic heterocycles. The molecule has 2 rings (SSSR count). The molecule has 0 aliphatic heterocycles. The molecule has 0 unspecified atom stereocenters. The van der Waals surface area contributed by atoms with Crippen LogP contribution in [0.2, 0.25) is 5.15 Å². The highest BCUT2D eigenvalue weighted by atomic mass is 35.5. The van der Waals surface area contributed by atoms with Gasteiger partial charge in [-0.25, -0.2) is 0 Å². The highest BCUT2D eigenvalue weighted by Gasteiger charge is 2.09. The zero-order valence-corrected chi connectivity index (χ0v) is 10.3. The average molecular weight is 255 g/mol. The Morgan fingerprint density at radius 1 is 1.50 bits per heavy atom. The Morgan fingerprint density at radius 3 is 2.94 bits per heavy atom. The summed E-state index contributed by atoms with van der Waals surface area (Å²) >= 11 is 7.25. The van der Waals surface area contributed by atoms with Crippen LogP contribution in [-0.2, 0) is 6.54 Å². The number of benzene rings is 1. The molecule has 0 fully saturated rings. The molecule has 84 valence electrons. The molecule has 0 radical (unpaired) electrons. The summed E-state index contributed by atoms with van der Waals surface area (Å²) in [5, 5.41) is 0.950. The van der Waals surface area contributed by atoms with Crippen LogP contribution >= 0.6 is 22.9 Å². The summed E-state index contributed by atoms with van der Waals surface area (Å²) in [4.78, 5) is 4.93. The summed E-state index contributed by atoms with van der Waals surface area (Å²) in [5.41, 5.74) is 6.65. The number of ether oxygens (including phenoxy) is 1. The lowest BCUT2D eigenvalue weighted by atomic mass is 10.2. The first-order chi connectivity index (χ1) is 7.69. The van der Waals surface area contributed by atoms with Gasteiger partial charge in [0.2, 0.25) is 0 Å². The number of nitrogens with two attached hydrogens (primary N) is 1. The van der Waals surface area contributed by atoms with E-state index < -0.39 is 0 Å². The molecule has 5 heteroatoms. The molecule has 0 amide bonds. The van der Waals surface area contributed by atoms with Gasteiger partial charge >= 0.3 is 0 Å². The molecule has 3 nitrogen and oxygen atoms in total. The minimum Gasteiger partial charge on any atom is -0.431 e. The third-order valence-corrected chi connectivity index (χ3v) is 3.39. The lowest BCUT2D eigenvalue weighted by molar-refractivity contribution is 0.478. The van der Waals surface area contributed by atoms with Gasteiger partial charge in [-0.3, -0.25) is 0 Å². The summed E-state index contributed by atoms with van der Waals surface area (Å²) in [7, 11) is 0. The van der Waals surface area contributed by atoms with Crippen LogP contribution in [0, 0.1) is 6.92 Å². The fourth-order valence-corrected chi connectivity index (χ4v) is 2.28. The number of nitrogens with zero attached hydrogens (tertiary/aromatic N) is 1. The number of halogens is 1. The molecule has 2 N–H and O–H groups in total. The molecule has 1 heterocycles. The van der Waals surface area contributed by atoms with E-state index in [2.05, 4.69) is 4.98 Å². The van der Waals surface area contributed by atoms with Crippen LogP contribution in [0.3, 0.4) is 0 Å². The zero-order valence-electron chi connectivity index (χ0n) is 8.74. The SMILES string of the molecule is Cc1cccc(Oc2nc(Cl)c(CN)s2)c1. The van der Waals surface area contributed by atoms with Crippen LogP contribution in [0.4, 0.5) is 0 Å². The molecule has 0 saturated carbocycles. The Kier molecular flexibility index (Phi) is 3.43. The standard InChI is InChI=1S/C11H11ClN2OS/c1-7-3-2-4-8(5-7)15-11-14-10(12)9(6-13)16-11/h2-5H,6,13H2,1H3. The maximum absolute atomic E-state index is 5.88. The van der Waals surface area contributed by atoms with Crippen LogP contribution < -0.4 is 10.5 Å². The predicted octanol–water partition coefficient (Wildman–Crippen LogP) is 3.36. The fourth-order valence-electron chi connectivity index (χ4n) is 1.26. The Hall–Kier alpha value is -1.10. The second kappa shape index (κ2) is 4.82. The number of rotatable bonds is 3. The van der Waals surface area contributed by atoms with Crippen molar-refractivity contribution >= 4 is 22.9 Å². The third-order valence-electron chi connectivity index (χ3n) is 2.01. The van der Waals surface area contributed by atoms with Crippen molar-refractivity contribution in [1.29, 1.82) is 0 Å². The van der Waals surface area contributed by atoms with Gasteiger partial charge in [-0.1, -0.05) is 35.1 Å². The normalized spacial score (nSPS) is 10.4. The maximum Gasteiger partial charge on any atom is 0.280 e. The first-order valence-electron chi connectivity index (χ1n) is 4.79. The van der Waals surface area contributed by atoms with Crippen LogP contribution in [0.15, 0.2) is 24.3 Å². The Labute approximate surface area is 103 Å². The topological polar surface area (TPSA) is 48.1 Å². The molecular weight excluding hydrogens is 244 g/mol. The van der Waals surface area contributed by atoms with E-state index in [1.807, 2.05) is 31.2 Å². The lowest BCUT2D eigenvalue weighted by Gasteiger charge is -2.01. The van der Waals surface area contributed by atoms with Crippen molar-refractivity contribution in [3.05, 3.63) is 39.9 Å². The first kappa shape index (κ1) is 11.4. The van der Waals surface area contributed by atoms with Crippen LogP contribution in [0.25, 0.3) is 0 Å². The van der Waals surface area contributed by atoms with E-state index in [0.29, 0.717) is 16.9 Å². The Balaban J connectivity index is 2.20. The van der Waals surface area contributed by atoms with Crippen molar-refractivity contribution in [3.8, 4) is 10.9 Å². The summed E-state index contributed by atoms with van der Waals surface area (Å²) in [6, 6.07) is 7.76. The average Bonchev–Trinajstić information content (AvgIpc) is 2.58. The lowest BCUT2D eigenvalue weighted by Crippen LogP contribution is -1.92. The first-order valence-corrected chi connectivity index (χ1v) is 5.98. The summed E-state index contributed by atoms with van der Waals surface area (Å²) in [6.45, 7) is 2.39. The Morgan fingerprint density at radius 2 is 2.31 bits per heavy atom. The number of aromatic nitrogens is 1. The van der Waals surface area contributed by atoms with E-state index >= 15 is 0 Å². The van der Waals surface area contributed by atoms with E-state index in [1.165, 1.54) is 11.3 Å². The van der Waals surface area contributed by atoms with Gasteiger partial charge in [-0.05, 0) is 24.6 Å². The maximum atomic E-state index is 5.88. The summed E-state index contributed by atoms with van der Waals surface area (Å²) in [5.74, 6) is 0.758. The zero-order chi connectivity index (χ0) is 11.5. The molecule has 0 saturated heterocycles. The van der Waals surface area contributed by atoms with Crippen LogP contribution in [0.1, 0.15) is 10.4 Å². The van der Waals surface area contributed by atoms with Gasteiger partial charge in [0, 0.05) is 6.54 Å². The van der Waals surface area contributed by atoms with E-state index in [-0.39, 0.29) is 0 Å². The number of thiazole rings is 1. The smallest absolute Gasteiger partial charge is 0.280 e. The molecular formula is C11H11ClN2OS. The van der Waals surface area contributed by atoms with Crippen LogP contribution in [-0.4, -0.2) is 4.98 Å². The van der Waals surface area contributed by atoms with Crippen LogP contribution in [0.5, 0.6) is 10.9 Å². The van der Waals surface area contributed by atoms with Crippen molar-refractivity contribution in [2.24, 2.45) is 5.73 Å². The monoisotopic (exact) mass is 254 g/mol.